The molecule has 1 spiro atoms. The standard InChI is InChI=1S/C38H60O8Si/c1-11-31-23(2)17-18-37(45-31)21-29-20-28(44-37)16-15-25(4)32(39)24(3)13-12-14-27-22-42-34-33(46-47(9,10)36(6,7)8)26(5)19-30(35(40)43-29)38(27,34)41/h12-15,19,23-24,28-34,39,41H,11,16-18,20-22H2,1-10H3/b13-12+,25-15+,27-14+/t23-,24-,28+,29-,30-,31+,32+,33+,34+,37+,38+/m0/s1. The van der Waals surface area contributed by atoms with Gasteiger partial charge in [0.15, 0.2) is 14.1 Å². The number of aliphatic hydroxyl groups excluding tert-OH is 1. The van der Waals surface area contributed by atoms with Gasteiger partial charge in [-0.1, -0.05) is 71.9 Å². The summed E-state index contributed by atoms with van der Waals surface area (Å²) in [4.78, 5) is 14.4. The number of hydrogen-bond acceptors (Lipinski definition) is 8. The molecule has 2 N–H and O–H groups in total. The van der Waals surface area contributed by atoms with Crippen molar-refractivity contribution < 1.29 is 38.4 Å². The first-order valence-electron chi connectivity index (χ1n) is 17.9. The first-order valence-corrected chi connectivity index (χ1v) is 20.8. The Balaban J connectivity index is 1.56. The fourth-order valence-electron chi connectivity index (χ4n) is 7.81. The second kappa shape index (κ2) is 13.6. The van der Waals surface area contributed by atoms with Crippen molar-refractivity contribution in [3.63, 3.8) is 0 Å². The number of ether oxygens (including phenoxy) is 4. The summed E-state index contributed by atoms with van der Waals surface area (Å²) in [6.07, 6.45) is 11.0. The van der Waals surface area contributed by atoms with Gasteiger partial charge >= 0.3 is 5.97 Å². The summed E-state index contributed by atoms with van der Waals surface area (Å²) in [5.74, 6) is -2.04. The predicted octanol–water partition coefficient (Wildman–Crippen LogP) is 6.92. The fourth-order valence-corrected chi connectivity index (χ4v) is 9.11. The number of aliphatic hydroxyl groups is 2. The maximum atomic E-state index is 14.4. The van der Waals surface area contributed by atoms with Gasteiger partial charge < -0.3 is 33.6 Å². The highest BCUT2D eigenvalue weighted by Crippen LogP contribution is 2.50. The lowest BCUT2D eigenvalue weighted by molar-refractivity contribution is -0.335. The molecule has 0 aromatic carbocycles. The average Bonchev–Trinajstić information content (AvgIpc) is 3.33. The second-order valence-electron chi connectivity index (χ2n) is 16.5. The molecule has 8 nitrogen and oxygen atoms in total. The molecule has 0 aromatic rings. The minimum absolute atomic E-state index is 0.0545. The lowest BCUT2D eigenvalue weighted by atomic mass is 9.71. The average molecular weight is 673 g/mol. The molecule has 0 amide bonds. The van der Waals surface area contributed by atoms with E-state index in [-0.39, 0.29) is 29.8 Å². The number of allylic oxidation sites excluding steroid dienone is 2. The lowest BCUT2D eigenvalue weighted by Gasteiger charge is -2.50. The highest BCUT2D eigenvalue weighted by atomic mass is 28.4. The Morgan fingerprint density at radius 1 is 1.11 bits per heavy atom. The molecular weight excluding hydrogens is 612 g/mol. The van der Waals surface area contributed by atoms with Crippen LogP contribution in [0.2, 0.25) is 18.1 Å². The molecule has 0 saturated carbocycles. The molecule has 9 heteroatoms. The molecule has 5 aliphatic rings. The Kier molecular flexibility index (Phi) is 10.6. The van der Waals surface area contributed by atoms with Crippen LogP contribution in [0.3, 0.4) is 0 Å². The van der Waals surface area contributed by atoms with Crippen molar-refractivity contribution in [3.8, 4) is 0 Å². The molecule has 4 heterocycles. The van der Waals surface area contributed by atoms with E-state index in [9.17, 15) is 15.0 Å². The topological polar surface area (TPSA) is 104 Å². The summed E-state index contributed by atoms with van der Waals surface area (Å²) in [6.45, 7) is 21.4. The third-order valence-electron chi connectivity index (χ3n) is 12.0. The minimum atomic E-state index is -2.28. The maximum absolute atomic E-state index is 14.4. The smallest absolute Gasteiger partial charge is 0.316 e. The number of carbonyl (C=O) groups is 1. The summed E-state index contributed by atoms with van der Waals surface area (Å²) < 4.78 is 33.1. The number of hydrogen-bond donors (Lipinski definition) is 2. The van der Waals surface area contributed by atoms with Crippen molar-refractivity contribution in [1.29, 1.82) is 0 Å². The lowest BCUT2D eigenvalue weighted by Crippen LogP contribution is -2.60. The van der Waals surface area contributed by atoms with Crippen LogP contribution in [0.15, 0.2) is 47.1 Å². The zero-order valence-corrected chi connectivity index (χ0v) is 31.4. The third-order valence-corrected chi connectivity index (χ3v) is 16.4. The molecule has 4 aliphatic heterocycles. The van der Waals surface area contributed by atoms with Gasteiger partial charge in [0.1, 0.15) is 23.7 Å². The van der Waals surface area contributed by atoms with E-state index in [2.05, 4.69) is 53.8 Å². The molecule has 11 atom stereocenters. The van der Waals surface area contributed by atoms with Crippen LogP contribution in [0.25, 0.3) is 0 Å². The summed E-state index contributed by atoms with van der Waals surface area (Å²) in [5, 5.41) is 23.9. The summed E-state index contributed by atoms with van der Waals surface area (Å²) in [6, 6.07) is 0. The van der Waals surface area contributed by atoms with Crippen LogP contribution in [0, 0.1) is 17.8 Å². The van der Waals surface area contributed by atoms with Gasteiger partial charge in [0, 0.05) is 25.2 Å². The van der Waals surface area contributed by atoms with Gasteiger partial charge in [0.05, 0.1) is 31.0 Å². The molecule has 0 unspecified atom stereocenters. The van der Waals surface area contributed by atoms with Gasteiger partial charge in [-0.2, -0.15) is 0 Å². The van der Waals surface area contributed by atoms with Crippen molar-refractivity contribution in [2.24, 2.45) is 17.8 Å². The molecule has 0 aromatic heterocycles. The Bertz CT molecular complexity index is 1290. The van der Waals surface area contributed by atoms with Gasteiger partial charge in [0.2, 0.25) is 0 Å². The number of rotatable bonds is 3. The Morgan fingerprint density at radius 2 is 1.83 bits per heavy atom. The highest BCUT2D eigenvalue weighted by molar-refractivity contribution is 6.74. The van der Waals surface area contributed by atoms with E-state index in [0.29, 0.717) is 30.8 Å². The van der Waals surface area contributed by atoms with E-state index in [1.807, 2.05) is 45.1 Å². The van der Waals surface area contributed by atoms with E-state index in [4.69, 9.17) is 23.4 Å². The summed E-state index contributed by atoms with van der Waals surface area (Å²) in [7, 11) is -2.28. The van der Waals surface area contributed by atoms with E-state index < -0.39 is 56.0 Å². The van der Waals surface area contributed by atoms with Crippen molar-refractivity contribution in [2.75, 3.05) is 6.61 Å². The van der Waals surface area contributed by atoms with Gasteiger partial charge in [0.25, 0.3) is 0 Å². The molecule has 2 bridgehead atoms. The Morgan fingerprint density at radius 3 is 2.51 bits per heavy atom. The molecule has 264 valence electrons. The number of esters is 1. The first kappa shape index (κ1) is 36.7. The van der Waals surface area contributed by atoms with Crippen molar-refractivity contribution in [1.82, 2.24) is 0 Å². The Labute approximate surface area is 283 Å². The summed E-state index contributed by atoms with van der Waals surface area (Å²) >= 11 is 0. The van der Waals surface area contributed by atoms with Crippen LogP contribution < -0.4 is 0 Å². The van der Waals surface area contributed by atoms with Crippen LogP contribution in [0.4, 0.5) is 0 Å². The van der Waals surface area contributed by atoms with E-state index >= 15 is 0 Å². The van der Waals surface area contributed by atoms with E-state index in [1.54, 1.807) is 0 Å². The molecule has 5 rings (SSSR count). The Hall–Kier alpha value is -1.59. The van der Waals surface area contributed by atoms with Crippen LogP contribution in [0.1, 0.15) is 93.9 Å². The quantitative estimate of drug-likeness (QED) is 0.189. The first-order chi connectivity index (χ1) is 21.9. The highest BCUT2D eigenvalue weighted by Gasteiger charge is 2.61. The number of carbonyl (C=O) groups excluding carboxylic acids is 1. The molecular formula is C38H60O8Si. The third kappa shape index (κ3) is 7.19. The van der Waals surface area contributed by atoms with E-state index in [0.717, 1.165) is 30.4 Å². The van der Waals surface area contributed by atoms with Gasteiger partial charge in [-0.05, 0) is 73.9 Å². The largest absolute Gasteiger partial charge is 0.462 e. The number of fused-ring (bicyclic) bond motifs is 2. The monoisotopic (exact) mass is 672 g/mol. The fraction of sp³-hybridized carbons (Fsp3) is 0.763. The van der Waals surface area contributed by atoms with Crippen molar-refractivity contribution in [2.45, 2.75) is 160 Å². The van der Waals surface area contributed by atoms with Gasteiger partial charge in [-0.25, -0.2) is 0 Å². The van der Waals surface area contributed by atoms with Crippen molar-refractivity contribution in [3.05, 3.63) is 47.1 Å². The van der Waals surface area contributed by atoms with Gasteiger partial charge in [-0.3, -0.25) is 4.79 Å². The van der Waals surface area contributed by atoms with E-state index in [1.165, 1.54) is 0 Å². The molecule has 3 fully saturated rings. The normalized spacial score (nSPS) is 44.8. The minimum Gasteiger partial charge on any atom is -0.462 e. The second-order valence-corrected chi connectivity index (χ2v) is 21.3. The summed E-state index contributed by atoms with van der Waals surface area (Å²) in [5.41, 5.74) is 0.678. The van der Waals surface area contributed by atoms with Crippen molar-refractivity contribution >= 4 is 14.3 Å². The zero-order chi connectivity index (χ0) is 34.5. The zero-order valence-electron chi connectivity index (χ0n) is 30.4. The maximum Gasteiger partial charge on any atom is 0.316 e. The SMILES string of the molecule is CC[C@H]1O[C@]2(CC[C@@H]1C)C[C@@H]1C[C@@H](C/C=C(\C)[C@H](O)[C@@H](C)/C=C/C=C3\CO[C@@H]4[C@H](O[Si](C)(C)C(C)(C)C)C(C)=C[C@@H](C(=O)O1)[C@]34O)O2. The predicted molar refractivity (Wildman–Crippen MR) is 185 cm³/mol. The van der Waals surface area contributed by atoms with Crippen LogP contribution in [-0.2, 0) is 28.2 Å². The van der Waals surface area contributed by atoms with Crippen LogP contribution in [-0.4, -0.2) is 79.1 Å². The van der Waals surface area contributed by atoms with Crippen LogP contribution in [0.5, 0.6) is 0 Å². The molecule has 47 heavy (non-hydrogen) atoms. The molecule has 0 radical (unpaired) electrons. The van der Waals surface area contributed by atoms with Crippen LogP contribution >= 0.6 is 0 Å². The molecule has 3 saturated heterocycles. The molecule has 1 aliphatic carbocycles. The van der Waals surface area contributed by atoms with Gasteiger partial charge in [-0.15, -0.1) is 0 Å².